The van der Waals surface area contributed by atoms with Gasteiger partial charge in [0.05, 0.1) is 17.1 Å². The first-order valence-corrected chi connectivity index (χ1v) is 12.4. The Labute approximate surface area is 195 Å². The second kappa shape index (κ2) is 9.79. The summed E-state index contributed by atoms with van der Waals surface area (Å²) in [5, 5.41) is 2.94. The maximum Gasteiger partial charge on any atom is 0.262 e. The van der Waals surface area contributed by atoms with E-state index in [-0.39, 0.29) is 39.8 Å². The van der Waals surface area contributed by atoms with Crippen LogP contribution in [0, 0.1) is 12.7 Å². The molecule has 1 aliphatic rings. The number of amides is 1. The van der Waals surface area contributed by atoms with Gasteiger partial charge in [0.15, 0.2) is 0 Å². The predicted molar refractivity (Wildman–Crippen MR) is 126 cm³/mol. The van der Waals surface area contributed by atoms with Gasteiger partial charge in [-0.05, 0) is 76.6 Å². The van der Waals surface area contributed by atoms with E-state index in [0.717, 1.165) is 13.1 Å². The Morgan fingerprint density at radius 3 is 2.33 bits per heavy atom. The minimum atomic E-state index is -3.96. The molecule has 7 nitrogen and oxygen atoms in total. The van der Waals surface area contributed by atoms with Crippen LogP contribution in [-0.4, -0.2) is 56.6 Å². The zero-order valence-electron chi connectivity index (χ0n) is 19.7. The first-order valence-electron chi connectivity index (χ1n) is 10.9. The Morgan fingerprint density at radius 2 is 1.73 bits per heavy atom. The fraction of sp³-hybridized carbons (Fsp3) is 0.458. The van der Waals surface area contributed by atoms with E-state index in [0.29, 0.717) is 12.1 Å². The van der Waals surface area contributed by atoms with Crippen LogP contribution in [0.4, 0.5) is 10.1 Å². The molecule has 1 aliphatic heterocycles. The third-order valence-electron chi connectivity index (χ3n) is 5.79. The van der Waals surface area contributed by atoms with Crippen molar-refractivity contribution in [2.24, 2.45) is 0 Å². The molecule has 0 spiro atoms. The van der Waals surface area contributed by atoms with Gasteiger partial charge in [-0.25, -0.2) is 12.8 Å². The van der Waals surface area contributed by atoms with Crippen molar-refractivity contribution < 1.29 is 22.3 Å². The molecule has 0 unspecified atom stereocenters. The highest BCUT2D eigenvalue weighted by Crippen LogP contribution is 2.23. The van der Waals surface area contributed by atoms with Gasteiger partial charge in [-0.2, -0.15) is 0 Å². The molecular weight excluding hydrogens is 445 g/mol. The van der Waals surface area contributed by atoms with Crippen molar-refractivity contribution in [3.63, 3.8) is 0 Å². The van der Waals surface area contributed by atoms with Crippen LogP contribution in [0.2, 0.25) is 0 Å². The van der Waals surface area contributed by atoms with Crippen molar-refractivity contribution in [1.29, 1.82) is 0 Å². The van der Waals surface area contributed by atoms with Crippen molar-refractivity contribution in [3.8, 4) is 0 Å². The molecule has 2 aromatic rings. The number of ether oxygens (including phenoxy) is 1. The Hall–Kier alpha value is -2.49. The van der Waals surface area contributed by atoms with Crippen LogP contribution in [0.1, 0.15) is 43.6 Å². The number of hydrogen-bond acceptors (Lipinski definition) is 5. The van der Waals surface area contributed by atoms with Crippen molar-refractivity contribution >= 4 is 21.6 Å². The van der Waals surface area contributed by atoms with E-state index in [1.165, 1.54) is 30.3 Å². The van der Waals surface area contributed by atoms with E-state index < -0.39 is 15.8 Å². The van der Waals surface area contributed by atoms with Gasteiger partial charge in [0.1, 0.15) is 5.82 Å². The maximum atomic E-state index is 13.1. The average Bonchev–Trinajstić information content (AvgIpc) is 2.73. The van der Waals surface area contributed by atoms with Crippen LogP contribution in [0.15, 0.2) is 47.4 Å². The molecule has 0 aromatic heterocycles. The summed E-state index contributed by atoms with van der Waals surface area (Å²) in [5.74, 6) is -0.813. The van der Waals surface area contributed by atoms with Gasteiger partial charge in [0, 0.05) is 36.4 Å². The lowest BCUT2D eigenvalue weighted by molar-refractivity contribution is -0.0948. The van der Waals surface area contributed by atoms with E-state index in [4.69, 9.17) is 4.74 Å². The Balaban J connectivity index is 1.72. The normalized spacial score (nSPS) is 19.8. The number of aryl methyl sites for hydroxylation is 1. The summed E-state index contributed by atoms with van der Waals surface area (Å²) in [6, 6.07) is 9.60. The number of carbonyl (C=O) groups excluding carboxylic acids is 1. The molecule has 0 saturated carbocycles. The van der Waals surface area contributed by atoms with Crippen molar-refractivity contribution in [2.75, 3.05) is 24.4 Å². The van der Waals surface area contributed by atoms with Crippen LogP contribution < -0.4 is 10.0 Å². The number of sulfonamides is 1. The molecule has 9 heteroatoms. The zero-order valence-corrected chi connectivity index (χ0v) is 20.5. The molecule has 1 amide bonds. The molecular formula is C24H32FN3O4S. The molecule has 1 saturated heterocycles. The highest BCUT2D eigenvalue weighted by molar-refractivity contribution is 7.92. The summed E-state index contributed by atoms with van der Waals surface area (Å²) < 4.78 is 47.2. The molecule has 180 valence electrons. The number of carbonyl (C=O) groups is 1. The molecule has 2 N–H and O–H groups in total. The van der Waals surface area contributed by atoms with Crippen molar-refractivity contribution in [3.05, 3.63) is 59.4 Å². The second-order valence-electron chi connectivity index (χ2n) is 9.25. The average molecular weight is 478 g/mol. The lowest BCUT2D eigenvalue weighted by Gasteiger charge is -2.45. The summed E-state index contributed by atoms with van der Waals surface area (Å²) in [5.41, 5.74) is 0.685. The Bertz CT molecular complexity index is 1090. The van der Waals surface area contributed by atoms with E-state index in [9.17, 15) is 17.6 Å². The largest absolute Gasteiger partial charge is 0.373 e. The smallest absolute Gasteiger partial charge is 0.262 e. The zero-order chi connectivity index (χ0) is 24.4. The van der Waals surface area contributed by atoms with Gasteiger partial charge in [-0.1, -0.05) is 6.07 Å². The van der Waals surface area contributed by atoms with Gasteiger partial charge in [-0.3, -0.25) is 14.4 Å². The van der Waals surface area contributed by atoms with Crippen molar-refractivity contribution in [2.45, 2.75) is 57.3 Å². The van der Waals surface area contributed by atoms with Crippen molar-refractivity contribution in [1.82, 2.24) is 10.2 Å². The van der Waals surface area contributed by atoms with Gasteiger partial charge in [0.25, 0.3) is 15.9 Å². The number of hydrogen-bond donors (Lipinski definition) is 2. The van der Waals surface area contributed by atoms with Crippen LogP contribution in [0.3, 0.4) is 0 Å². The first kappa shape index (κ1) is 25.1. The fourth-order valence-electron chi connectivity index (χ4n) is 3.94. The quantitative estimate of drug-likeness (QED) is 0.637. The molecule has 3 rings (SSSR count). The van der Waals surface area contributed by atoms with E-state index in [1.54, 1.807) is 19.1 Å². The SMILES string of the molecule is Cc1ccc(C(=O)NCC(C)(C)N2C[C@@H](C)O[C@H](C)C2)cc1S(=O)(=O)Nc1ccc(F)cc1. The third kappa shape index (κ3) is 6.31. The highest BCUT2D eigenvalue weighted by atomic mass is 32.2. The van der Waals surface area contributed by atoms with E-state index >= 15 is 0 Å². The monoisotopic (exact) mass is 477 g/mol. The fourth-order valence-corrected chi connectivity index (χ4v) is 5.27. The molecule has 2 atom stereocenters. The summed E-state index contributed by atoms with van der Waals surface area (Å²) in [6.45, 7) is 11.8. The molecule has 1 fully saturated rings. The number of anilines is 1. The summed E-state index contributed by atoms with van der Waals surface area (Å²) in [6.07, 6.45) is 0.226. The molecule has 0 bridgehead atoms. The lowest BCUT2D eigenvalue weighted by Crippen LogP contribution is -2.58. The summed E-state index contributed by atoms with van der Waals surface area (Å²) in [7, 11) is -3.96. The highest BCUT2D eigenvalue weighted by Gasteiger charge is 2.33. The number of nitrogens with zero attached hydrogens (tertiary/aromatic N) is 1. The minimum Gasteiger partial charge on any atom is -0.373 e. The van der Waals surface area contributed by atoms with Gasteiger partial charge in [0.2, 0.25) is 0 Å². The molecule has 0 radical (unpaired) electrons. The maximum absolute atomic E-state index is 13.1. The van der Waals surface area contributed by atoms with Crippen LogP contribution in [-0.2, 0) is 14.8 Å². The number of rotatable bonds is 7. The molecule has 2 aromatic carbocycles. The number of halogens is 1. The number of nitrogens with one attached hydrogen (secondary N) is 2. The summed E-state index contributed by atoms with van der Waals surface area (Å²) in [4.78, 5) is 15.2. The van der Waals surface area contributed by atoms with E-state index in [1.807, 2.05) is 13.8 Å². The van der Waals surface area contributed by atoms with Crippen LogP contribution in [0.25, 0.3) is 0 Å². The predicted octanol–water partition coefficient (Wildman–Crippen LogP) is 3.55. The first-order chi connectivity index (χ1) is 15.4. The number of benzene rings is 2. The van der Waals surface area contributed by atoms with Crippen LogP contribution in [0.5, 0.6) is 0 Å². The Morgan fingerprint density at radius 1 is 1.12 bits per heavy atom. The van der Waals surface area contributed by atoms with Gasteiger partial charge < -0.3 is 10.1 Å². The summed E-state index contributed by atoms with van der Waals surface area (Å²) >= 11 is 0. The minimum absolute atomic E-state index is 0.00503. The van der Waals surface area contributed by atoms with Crippen LogP contribution >= 0.6 is 0 Å². The topological polar surface area (TPSA) is 87.7 Å². The Kier molecular flexibility index (Phi) is 7.45. The lowest BCUT2D eigenvalue weighted by atomic mass is 10.00. The van der Waals surface area contributed by atoms with Gasteiger partial charge >= 0.3 is 0 Å². The molecule has 33 heavy (non-hydrogen) atoms. The second-order valence-corrected chi connectivity index (χ2v) is 10.9. The standard InChI is InChI=1S/C24H32FN3O4S/c1-16-6-7-19(12-22(16)33(30,31)27-21-10-8-20(25)9-11-21)23(29)26-15-24(4,5)28-13-17(2)32-18(3)14-28/h6-12,17-18,27H,13-15H2,1-5H3,(H,26,29)/t17-,18-/m1/s1. The molecule has 0 aliphatic carbocycles. The van der Waals surface area contributed by atoms with E-state index in [2.05, 4.69) is 28.8 Å². The number of morpholine rings is 1. The molecule has 1 heterocycles. The third-order valence-corrected chi connectivity index (χ3v) is 7.32. The van der Waals surface area contributed by atoms with Gasteiger partial charge in [-0.15, -0.1) is 0 Å².